The van der Waals surface area contributed by atoms with Crippen LogP contribution in [0.4, 0.5) is 0 Å². The Morgan fingerprint density at radius 2 is 1.88 bits per heavy atom. The summed E-state index contributed by atoms with van der Waals surface area (Å²) in [5.74, 6) is 0. The summed E-state index contributed by atoms with van der Waals surface area (Å²) in [7, 11) is 0. The van der Waals surface area contributed by atoms with Crippen molar-refractivity contribution >= 4 is 0 Å². The molecule has 1 aliphatic heterocycles. The van der Waals surface area contributed by atoms with Gasteiger partial charge in [-0.15, -0.1) is 0 Å². The fraction of sp³-hybridized carbons (Fsp3) is 0.462. The van der Waals surface area contributed by atoms with Gasteiger partial charge in [0.15, 0.2) is 0 Å². The third-order valence-electron chi connectivity index (χ3n) is 3.01. The van der Waals surface area contributed by atoms with E-state index in [9.17, 15) is 10.4 Å². The molecule has 0 saturated carbocycles. The summed E-state index contributed by atoms with van der Waals surface area (Å²) in [6.07, 6.45) is -0.765. The number of morpholine rings is 1. The molecular weight excluding hydrogens is 216 g/mol. The number of rotatable bonds is 3. The molecule has 0 bridgehead atoms. The monoisotopic (exact) mass is 232 g/mol. The van der Waals surface area contributed by atoms with Gasteiger partial charge in [-0.05, 0) is 5.56 Å². The minimum atomic E-state index is -0.765. The summed E-state index contributed by atoms with van der Waals surface area (Å²) in [6, 6.07) is 11.0. The lowest BCUT2D eigenvalue weighted by molar-refractivity contribution is -0.00546. The average molecular weight is 232 g/mol. The number of aliphatic hydroxyl groups is 1. The molecule has 0 spiro atoms. The van der Waals surface area contributed by atoms with Crippen molar-refractivity contribution in [1.82, 2.24) is 4.90 Å². The second-order valence-corrected chi connectivity index (χ2v) is 4.08. The van der Waals surface area contributed by atoms with Gasteiger partial charge >= 0.3 is 0 Å². The fourth-order valence-electron chi connectivity index (χ4n) is 2.04. The highest BCUT2D eigenvalue weighted by molar-refractivity contribution is 5.21. The first-order chi connectivity index (χ1) is 8.33. The van der Waals surface area contributed by atoms with Crippen LogP contribution < -0.4 is 0 Å². The van der Waals surface area contributed by atoms with Crippen LogP contribution in [0.25, 0.3) is 0 Å². The van der Waals surface area contributed by atoms with Crippen LogP contribution in [0.15, 0.2) is 30.3 Å². The Hall–Kier alpha value is -1.41. The van der Waals surface area contributed by atoms with Crippen LogP contribution in [0.1, 0.15) is 11.7 Å². The van der Waals surface area contributed by atoms with Gasteiger partial charge in [-0.1, -0.05) is 30.3 Å². The second kappa shape index (κ2) is 5.78. The van der Waals surface area contributed by atoms with Crippen molar-refractivity contribution in [3.05, 3.63) is 35.9 Å². The molecule has 1 heterocycles. The maximum Gasteiger partial charge on any atom is 0.128 e. The zero-order valence-electron chi connectivity index (χ0n) is 9.62. The molecule has 2 atom stereocenters. The maximum absolute atomic E-state index is 10.2. The number of nitrogens with zero attached hydrogens (tertiary/aromatic N) is 2. The highest BCUT2D eigenvalue weighted by Crippen LogP contribution is 2.21. The van der Waals surface area contributed by atoms with Gasteiger partial charge in [-0.3, -0.25) is 4.90 Å². The van der Waals surface area contributed by atoms with Crippen LogP contribution in [0.2, 0.25) is 0 Å². The summed E-state index contributed by atoms with van der Waals surface area (Å²) < 4.78 is 5.25. The van der Waals surface area contributed by atoms with Crippen molar-refractivity contribution in [2.24, 2.45) is 0 Å². The first kappa shape index (κ1) is 12.1. The van der Waals surface area contributed by atoms with Crippen LogP contribution in [0.5, 0.6) is 0 Å². The third kappa shape index (κ3) is 2.83. The predicted octanol–water partition coefficient (Wildman–Crippen LogP) is 0.944. The van der Waals surface area contributed by atoms with Gasteiger partial charge in [0.25, 0.3) is 0 Å². The molecular formula is C13H16N2O2. The number of hydrogen-bond donors (Lipinski definition) is 1. The van der Waals surface area contributed by atoms with Gasteiger partial charge in [0.1, 0.15) is 12.1 Å². The largest absolute Gasteiger partial charge is 0.386 e. The quantitative estimate of drug-likeness (QED) is 0.842. The molecule has 17 heavy (non-hydrogen) atoms. The van der Waals surface area contributed by atoms with E-state index in [1.807, 2.05) is 35.2 Å². The molecule has 0 unspecified atom stereocenters. The molecule has 1 saturated heterocycles. The van der Waals surface area contributed by atoms with Crippen LogP contribution in [-0.2, 0) is 4.74 Å². The van der Waals surface area contributed by atoms with E-state index < -0.39 is 12.1 Å². The van der Waals surface area contributed by atoms with Crippen LogP contribution in [0, 0.1) is 11.3 Å². The van der Waals surface area contributed by atoms with Crippen molar-refractivity contribution in [1.29, 1.82) is 5.26 Å². The van der Waals surface area contributed by atoms with E-state index in [-0.39, 0.29) is 0 Å². The molecule has 90 valence electrons. The Balaban J connectivity index is 2.10. The number of nitriles is 1. The van der Waals surface area contributed by atoms with E-state index in [1.165, 1.54) is 0 Å². The molecule has 0 amide bonds. The Bertz CT molecular complexity index is 382. The first-order valence-electron chi connectivity index (χ1n) is 5.77. The average Bonchev–Trinajstić information content (AvgIpc) is 2.42. The zero-order valence-corrected chi connectivity index (χ0v) is 9.62. The number of hydrogen-bond acceptors (Lipinski definition) is 4. The van der Waals surface area contributed by atoms with Crippen LogP contribution >= 0.6 is 0 Å². The predicted molar refractivity (Wildman–Crippen MR) is 63.2 cm³/mol. The molecule has 0 aromatic heterocycles. The molecule has 1 fully saturated rings. The van der Waals surface area contributed by atoms with Gasteiger partial charge in [-0.25, -0.2) is 0 Å². The van der Waals surface area contributed by atoms with E-state index in [2.05, 4.69) is 6.07 Å². The van der Waals surface area contributed by atoms with Gasteiger partial charge in [0, 0.05) is 13.1 Å². The summed E-state index contributed by atoms with van der Waals surface area (Å²) in [5, 5.41) is 19.4. The minimum absolute atomic E-state index is 0.499. The highest BCUT2D eigenvalue weighted by atomic mass is 16.5. The van der Waals surface area contributed by atoms with Crippen molar-refractivity contribution in [2.45, 2.75) is 12.1 Å². The van der Waals surface area contributed by atoms with E-state index in [4.69, 9.17) is 4.74 Å². The van der Waals surface area contributed by atoms with Crippen molar-refractivity contribution < 1.29 is 9.84 Å². The molecule has 1 N–H and O–H groups in total. The zero-order chi connectivity index (χ0) is 12.1. The SMILES string of the molecule is N#C[C@H]([C@H](O)c1ccccc1)N1CCOCC1. The first-order valence-corrected chi connectivity index (χ1v) is 5.77. The fourth-order valence-corrected chi connectivity index (χ4v) is 2.04. The lowest BCUT2D eigenvalue weighted by atomic mass is 10.0. The lowest BCUT2D eigenvalue weighted by Gasteiger charge is -2.33. The molecule has 4 heteroatoms. The molecule has 0 aliphatic carbocycles. The lowest BCUT2D eigenvalue weighted by Crippen LogP contribution is -2.45. The smallest absolute Gasteiger partial charge is 0.128 e. The normalized spacial score (nSPS) is 20.5. The number of benzene rings is 1. The van der Waals surface area contributed by atoms with Gasteiger partial charge in [0.05, 0.1) is 19.3 Å². The Morgan fingerprint density at radius 1 is 1.24 bits per heavy atom. The summed E-state index contributed by atoms with van der Waals surface area (Å²) in [6.45, 7) is 2.64. The van der Waals surface area contributed by atoms with Gasteiger partial charge in [-0.2, -0.15) is 5.26 Å². The molecule has 4 nitrogen and oxygen atoms in total. The van der Waals surface area contributed by atoms with Crippen molar-refractivity contribution in [3.63, 3.8) is 0 Å². The summed E-state index contributed by atoms with van der Waals surface area (Å²) in [5.41, 5.74) is 0.783. The van der Waals surface area contributed by atoms with E-state index >= 15 is 0 Å². The van der Waals surface area contributed by atoms with Gasteiger partial charge in [0.2, 0.25) is 0 Å². The Labute approximate surface area is 101 Å². The van der Waals surface area contributed by atoms with Crippen molar-refractivity contribution in [3.8, 4) is 6.07 Å². The topological polar surface area (TPSA) is 56.5 Å². The standard InChI is InChI=1S/C13H16N2O2/c14-10-12(15-6-8-17-9-7-15)13(16)11-4-2-1-3-5-11/h1-5,12-13,16H,6-9H2/t12-,13-/m1/s1. The van der Waals surface area contributed by atoms with E-state index in [0.29, 0.717) is 26.3 Å². The Morgan fingerprint density at radius 3 is 2.47 bits per heavy atom. The van der Waals surface area contributed by atoms with Crippen molar-refractivity contribution in [2.75, 3.05) is 26.3 Å². The van der Waals surface area contributed by atoms with Gasteiger partial charge < -0.3 is 9.84 Å². The molecule has 1 aromatic rings. The van der Waals surface area contributed by atoms with E-state index in [0.717, 1.165) is 5.56 Å². The number of ether oxygens (including phenoxy) is 1. The number of aliphatic hydroxyl groups excluding tert-OH is 1. The van der Waals surface area contributed by atoms with Crippen LogP contribution in [-0.4, -0.2) is 42.4 Å². The minimum Gasteiger partial charge on any atom is -0.386 e. The molecule has 0 radical (unpaired) electrons. The third-order valence-corrected chi connectivity index (χ3v) is 3.01. The highest BCUT2D eigenvalue weighted by Gasteiger charge is 2.28. The Kier molecular flexibility index (Phi) is 4.10. The summed E-state index contributed by atoms with van der Waals surface area (Å²) >= 11 is 0. The van der Waals surface area contributed by atoms with Crippen LogP contribution in [0.3, 0.4) is 0 Å². The molecule has 1 aromatic carbocycles. The maximum atomic E-state index is 10.2. The summed E-state index contributed by atoms with van der Waals surface area (Å²) in [4.78, 5) is 1.97. The molecule has 2 rings (SSSR count). The second-order valence-electron chi connectivity index (χ2n) is 4.08. The van der Waals surface area contributed by atoms with E-state index in [1.54, 1.807) is 0 Å². The molecule has 1 aliphatic rings.